The fraction of sp³-hybridized carbons (Fsp3) is 0.364. The molecule has 0 saturated carbocycles. The Kier molecular flexibility index (Phi) is 5.05. The van der Waals surface area contributed by atoms with Gasteiger partial charge in [0.1, 0.15) is 10.9 Å². The van der Waals surface area contributed by atoms with E-state index in [1.807, 2.05) is 6.07 Å². The van der Waals surface area contributed by atoms with E-state index in [1.54, 1.807) is 13.8 Å². The summed E-state index contributed by atoms with van der Waals surface area (Å²) in [6, 6.07) is 3.95. The van der Waals surface area contributed by atoms with E-state index in [0.717, 1.165) is 18.2 Å². The number of nitro benzene ring substituents is 1. The molecule has 108 valence electrons. The van der Waals surface area contributed by atoms with Crippen LogP contribution < -0.4 is 4.72 Å². The van der Waals surface area contributed by atoms with Gasteiger partial charge in [-0.05, 0) is 12.0 Å². The Morgan fingerprint density at radius 2 is 2.05 bits per heavy atom. The van der Waals surface area contributed by atoms with Gasteiger partial charge < -0.3 is 0 Å². The molecule has 0 saturated heterocycles. The van der Waals surface area contributed by atoms with Crippen molar-refractivity contribution in [3.63, 3.8) is 0 Å². The van der Waals surface area contributed by atoms with E-state index in [4.69, 9.17) is 16.9 Å². The van der Waals surface area contributed by atoms with Gasteiger partial charge in [0.15, 0.2) is 0 Å². The molecule has 0 aliphatic heterocycles. The van der Waals surface area contributed by atoms with Crippen LogP contribution in [0.1, 0.15) is 13.8 Å². The molecule has 1 aromatic carbocycles. The Balaban J connectivity index is 3.17. The Morgan fingerprint density at radius 1 is 1.45 bits per heavy atom. The van der Waals surface area contributed by atoms with E-state index in [9.17, 15) is 18.5 Å². The van der Waals surface area contributed by atoms with E-state index in [1.165, 1.54) is 0 Å². The quantitative estimate of drug-likeness (QED) is 0.659. The van der Waals surface area contributed by atoms with Gasteiger partial charge in [0.2, 0.25) is 10.0 Å². The van der Waals surface area contributed by atoms with Gasteiger partial charge in [0.05, 0.1) is 16.0 Å². The molecule has 9 heteroatoms. The zero-order valence-corrected chi connectivity index (χ0v) is 12.3. The van der Waals surface area contributed by atoms with Crippen LogP contribution in [-0.4, -0.2) is 19.4 Å². The minimum Gasteiger partial charge on any atom is -0.258 e. The summed E-state index contributed by atoms with van der Waals surface area (Å²) in [6.07, 6.45) is 0. The van der Waals surface area contributed by atoms with Gasteiger partial charge in [-0.25, -0.2) is 8.42 Å². The fourth-order valence-electron chi connectivity index (χ4n) is 1.36. The van der Waals surface area contributed by atoms with Crippen LogP contribution >= 0.6 is 11.6 Å². The van der Waals surface area contributed by atoms with Gasteiger partial charge in [-0.2, -0.15) is 9.98 Å². The molecule has 1 atom stereocenters. The molecular formula is C11H12ClN3O4S. The predicted octanol–water partition coefficient (Wildman–Crippen LogP) is 2.07. The second-order valence-corrected chi connectivity index (χ2v) is 6.43. The summed E-state index contributed by atoms with van der Waals surface area (Å²) >= 11 is 5.76. The Labute approximate surface area is 121 Å². The van der Waals surface area contributed by atoms with Crippen molar-refractivity contribution in [2.75, 3.05) is 0 Å². The monoisotopic (exact) mass is 317 g/mol. The highest BCUT2D eigenvalue weighted by Gasteiger charge is 2.25. The zero-order chi connectivity index (χ0) is 15.5. The van der Waals surface area contributed by atoms with Crippen LogP contribution in [0.25, 0.3) is 0 Å². The molecule has 1 N–H and O–H groups in total. The molecule has 1 aromatic rings. The highest BCUT2D eigenvalue weighted by atomic mass is 35.5. The Hall–Kier alpha value is -1.69. The lowest BCUT2D eigenvalue weighted by atomic mass is 10.1. The molecule has 0 aromatic heterocycles. The number of non-ortho nitro benzene ring substituents is 1. The fourth-order valence-corrected chi connectivity index (χ4v) is 3.19. The molecule has 20 heavy (non-hydrogen) atoms. The molecule has 0 spiro atoms. The van der Waals surface area contributed by atoms with Crippen LogP contribution in [0.4, 0.5) is 5.69 Å². The number of hydrogen-bond acceptors (Lipinski definition) is 5. The SMILES string of the molecule is CC(C)C(C#N)NS(=O)(=O)c1ccc([N+](=O)[O-])cc1Cl. The number of halogens is 1. The van der Waals surface area contributed by atoms with Gasteiger partial charge in [0.25, 0.3) is 5.69 Å². The molecule has 0 aliphatic carbocycles. The Bertz CT molecular complexity index is 667. The topological polar surface area (TPSA) is 113 Å². The van der Waals surface area contributed by atoms with Crippen molar-refractivity contribution in [1.29, 1.82) is 5.26 Å². The molecule has 0 amide bonds. The third kappa shape index (κ3) is 3.66. The van der Waals surface area contributed by atoms with E-state index < -0.39 is 21.0 Å². The number of nitriles is 1. The standard InChI is InChI=1S/C11H12ClN3O4S/c1-7(2)10(6-13)14-20(18,19)11-4-3-8(15(16)17)5-9(11)12/h3-5,7,10,14H,1-2H3. The van der Waals surface area contributed by atoms with Gasteiger partial charge in [-0.1, -0.05) is 25.4 Å². The van der Waals surface area contributed by atoms with Crippen LogP contribution in [0.2, 0.25) is 5.02 Å². The average molecular weight is 318 g/mol. The van der Waals surface area contributed by atoms with Crippen molar-refractivity contribution < 1.29 is 13.3 Å². The number of hydrogen-bond donors (Lipinski definition) is 1. The second-order valence-electron chi connectivity index (χ2n) is 4.34. The van der Waals surface area contributed by atoms with E-state index in [2.05, 4.69) is 4.72 Å². The summed E-state index contributed by atoms with van der Waals surface area (Å²) in [5.74, 6) is -0.230. The minimum absolute atomic E-state index is 0.230. The molecule has 0 aliphatic rings. The first-order valence-electron chi connectivity index (χ1n) is 5.55. The number of rotatable bonds is 5. The van der Waals surface area contributed by atoms with Crippen LogP contribution in [0.5, 0.6) is 0 Å². The van der Waals surface area contributed by atoms with Gasteiger partial charge in [-0.15, -0.1) is 0 Å². The second kappa shape index (κ2) is 6.17. The van der Waals surface area contributed by atoms with Gasteiger partial charge >= 0.3 is 0 Å². The van der Waals surface area contributed by atoms with Crippen molar-refractivity contribution >= 4 is 27.3 Å². The van der Waals surface area contributed by atoms with E-state index >= 15 is 0 Å². The third-order valence-corrected chi connectivity index (χ3v) is 4.43. The van der Waals surface area contributed by atoms with Gasteiger partial charge in [-0.3, -0.25) is 10.1 Å². The van der Waals surface area contributed by atoms with E-state index in [0.29, 0.717) is 0 Å². The number of nitrogens with zero attached hydrogens (tertiary/aromatic N) is 2. The molecular weight excluding hydrogens is 306 g/mol. The van der Waals surface area contributed by atoms with Crippen molar-refractivity contribution in [3.05, 3.63) is 33.3 Å². The van der Waals surface area contributed by atoms with Crippen molar-refractivity contribution in [3.8, 4) is 6.07 Å². The number of nitro groups is 1. The molecule has 0 bridgehead atoms. The first kappa shape index (κ1) is 16.4. The number of benzene rings is 1. The summed E-state index contributed by atoms with van der Waals surface area (Å²) in [4.78, 5) is 9.59. The highest BCUT2D eigenvalue weighted by Crippen LogP contribution is 2.26. The maximum Gasteiger partial charge on any atom is 0.271 e. The number of sulfonamides is 1. The van der Waals surface area contributed by atoms with Crippen LogP contribution in [0.15, 0.2) is 23.1 Å². The molecule has 1 unspecified atom stereocenters. The first-order valence-corrected chi connectivity index (χ1v) is 7.41. The van der Waals surface area contributed by atoms with Gasteiger partial charge in [0, 0.05) is 12.1 Å². The molecule has 1 rings (SSSR count). The largest absolute Gasteiger partial charge is 0.271 e. The maximum absolute atomic E-state index is 12.1. The van der Waals surface area contributed by atoms with Crippen molar-refractivity contribution in [2.45, 2.75) is 24.8 Å². The summed E-state index contributed by atoms with van der Waals surface area (Å²) < 4.78 is 26.4. The minimum atomic E-state index is -4.02. The van der Waals surface area contributed by atoms with Crippen molar-refractivity contribution in [2.24, 2.45) is 5.92 Å². The molecule has 0 heterocycles. The lowest BCUT2D eigenvalue weighted by Gasteiger charge is -2.15. The summed E-state index contributed by atoms with van der Waals surface area (Å²) in [5, 5.41) is 19.2. The van der Waals surface area contributed by atoms with Crippen molar-refractivity contribution in [1.82, 2.24) is 4.72 Å². The lowest BCUT2D eigenvalue weighted by Crippen LogP contribution is -2.37. The zero-order valence-electron chi connectivity index (χ0n) is 10.7. The molecule has 0 radical (unpaired) electrons. The van der Waals surface area contributed by atoms with Crippen LogP contribution in [0, 0.1) is 27.4 Å². The van der Waals surface area contributed by atoms with E-state index in [-0.39, 0.29) is 21.5 Å². The average Bonchev–Trinajstić information content (AvgIpc) is 2.35. The molecule has 7 nitrogen and oxygen atoms in total. The lowest BCUT2D eigenvalue weighted by molar-refractivity contribution is -0.384. The summed E-state index contributed by atoms with van der Waals surface area (Å²) in [7, 11) is -4.02. The summed E-state index contributed by atoms with van der Waals surface area (Å²) in [6.45, 7) is 3.38. The normalized spacial score (nSPS) is 12.9. The highest BCUT2D eigenvalue weighted by molar-refractivity contribution is 7.89. The predicted molar refractivity (Wildman–Crippen MR) is 72.7 cm³/mol. The van der Waals surface area contributed by atoms with Crippen LogP contribution in [0.3, 0.4) is 0 Å². The summed E-state index contributed by atoms with van der Waals surface area (Å²) in [5.41, 5.74) is -0.311. The molecule has 0 fully saturated rings. The third-order valence-electron chi connectivity index (χ3n) is 2.50. The smallest absolute Gasteiger partial charge is 0.258 e. The first-order chi connectivity index (χ1) is 9.19. The Morgan fingerprint density at radius 3 is 2.45 bits per heavy atom. The number of nitrogens with one attached hydrogen (secondary N) is 1. The maximum atomic E-state index is 12.1. The van der Waals surface area contributed by atoms with Crippen LogP contribution in [-0.2, 0) is 10.0 Å².